The number of aliphatic hydroxyl groups is 2. The van der Waals surface area contributed by atoms with Crippen molar-refractivity contribution in [2.45, 2.75) is 74.1 Å². The maximum atomic E-state index is 14.5. The van der Waals surface area contributed by atoms with Gasteiger partial charge in [-0.2, -0.15) is 0 Å². The van der Waals surface area contributed by atoms with Crippen molar-refractivity contribution >= 4 is 35.2 Å². The van der Waals surface area contributed by atoms with Crippen molar-refractivity contribution in [3.05, 3.63) is 96.1 Å². The summed E-state index contributed by atoms with van der Waals surface area (Å²) in [7, 11) is 1.52. The summed E-state index contributed by atoms with van der Waals surface area (Å²) in [6.07, 6.45) is 10.2. The molecule has 3 aromatic rings. The minimum Gasteiger partial charge on any atom is -0.459 e. The first-order chi connectivity index (χ1) is 29.4. The summed E-state index contributed by atoms with van der Waals surface area (Å²) in [5.41, 5.74) is 3.33. The fourth-order valence-electron chi connectivity index (χ4n) is 9.35. The zero-order valence-electron chi connectivity index (χ0n) is 34.3. The number of hydrogen-bond donors (Lipinski definition) is 2. The fraction of sp³-hybridized carbons (Fsp3) is 0.478. The van der Waals surface area contributed by atoms with Crippen LogP contribution in [0.25, 0.3) is 0 Å². The Morgan fingerprint density at radius 3 is 2.48 bits per heavy atom. The third-order valence-electron chi connectivity index (χ3n) is 11.8. The second-order valence-electron chi connectivity index (χ2n) is 15.4. The van der Waals surface area contributed by atoms with Crippen molar-refractivity contribution < 1.29 is 48.3 Å². The van der Waals surface area contributed by atoms with E-state index in [4.69, 9.17) is 44.9 Å². The third kappa shape index (κ3) is 9.25. The van der Waals surface area contributed by atoms with Gasteiger partial charge in [-0.1, -0.05) is 36.2 Å². The van der Waals surface area contributed by atoms with Gasteiger partial charge in [0.05, 0.1) is 24.1 Å². The van der Waals surface area contributed by atoms with Crippen LogP contribution >= 0.6 is 23.4 Å². The van der Waals surface area contributed by atoms with Crippen molar-refractivity contribution in [2.24, 2.45) is 22.9 Å². The van der Waals surface area contributed by atoms with E-state index in [9.17, 15) is 15.0 Å². The molecule has 3 aromatic carbocycles. The standard InChI is InChI=1S/C46H55ClN2O10S/c1-4-22-57-46-42(49(45(52)54-23-19-47)28-30-11-17-40-41(24-30)56-29-55-40)27-38(48-53-2)36-25-31(9-5-7-20-50)35(10-6-8-21-51)43(44(36)46)37-26-33(14-18-39(37)59-46)58-32-12-15-34(60-3)16-13-32/h4,11-18,24-26,31,35,42-44,50-51H,1,5-10,19-23,27-29H2,2-3H3/t31-,35+,42-,43+,44+,46+/m0/s1. The molecule has 1 fully saturated rings. The lowest BCUT2D eigenvalue weighted by Crippen LogP contribution is -2.70. The molecule has 0 radical (unpaired) electrons. The summed E-state index contributed by atoms with van der Waals surface area (Å²) in [6, 6.07) is 18.7. The molecule has 0 aromatic heterocycles. The number of fused-ring (bicyclic) bond motifs is 3. The van der Waals surface area contributed by atoms with Crippen LogP contribution in [0.3, 0.4) is 0 Å². The lowest BCUT2D eigenvalue weighted by molar-refractivity contribution is -0.256. The number of carbonyl (C=O) groups is 1. The Labute approximate surface area is 361 Å². The number of aliphatic hydroxyl groups excluding tert-OH is 2. The number of oxime groups is 1. The first-order valence-corrected chi connectivity index (χ1v) is 22.4. The molecule has 2 N–H and O–H groups in total. The van der Waals surface area contributed by atoms with Crippen LogP contribution in [-0.2, 0) is 20.9 Å². The number of carbonyl (C=O) groups excluding carboxylic acids is 1. The molecule has 2 heterocycles. The van der Waals surface area contributed by atoms with E-state index in [0.717, 1.165) is 47.3 Å². The summed E-state index contributed by atoms with van der Waals surface area (Å²) >= 11 is 7.75. The van der Waals surface area contributed by atoms with E-state index in [1.807, 2.05) is 60.9 Å². The van der Waals surface area contributed by atoms with Crippen LogP contribution in [-0.4, -0.2) is 91.2 Å². The molecule has 0 saturated heterocycles. The summed E-state index contributed by atoms with van der Waals surface area (Å²) in [5.74, 6) is 1.23. The summed E-state index contributed by atoms with van der Waals surface area (Å²) in [5, 5.41) is 24.5. The van der Waals surface area contributed by atoms with Crippen molar-refractivity contribution in [1.82, 2.24) is 4.90 Å². The summed E-state index contributed by atoms with van der Waals surface area (Å²) in [6.45, 7) is 4.55. The van der Waals surface area contributed by atoms with Crippen molar-refractivity contribution in [3.63, 3.8) is 0 Å². The Bertz CT molecular complexity index is 2010. The molecule has 2 aliphatic heterocycles. The van der Waals surface area contributed by atoms with Gasteiger partial charge in [0, 0.05) is 42.6 Å². The van der Waals surface area contributed by atoms with Crippen LogP contribution in [0.2, 0.25) is 0 Å². The largest absolute Gasteiger partial charge is 0.459 e. The van der Waals surface area contributed by atoms with E-state index in [0.29, 0.717) is 47.3 Å². The number of halogens is 1. The molecule has 2 aliphatic carbocycles. The molecule has 14 heteroatoms. The fourth-order valence-corrected chi connectivity index (χ4v) is 9.83. The maximum Gasteiger partial charge on any atom is 0.410 e. The van der Waals surface area contributed by atoms with Gasteiger partial charge in [-0.05, 0) is 110 Å². The molecule has 12 nitrogen and oxygen atoms in total. The minimum atomic E-state index is -1.47. The Balaban J connectivity index is 1.42. The molecule has 322 valence electrons. The lowest BCUT2D eigenvalue weighted by atomic mass is 9.55. The highest BCUT2D eigenvalue weighted by Crippen LogP contribution is 2.62. The molecule has 0 bridgehead atoms. The minimum absolute atomic E-state index is 0.00356. The van der Waals surface area contributed by atoms with Gasteiger partial charge in [0.2, 0.25) is 12.6 Å². The molecule has 1 saturated carbocycles. The number of ether oxygens (including phenoxy) is 6. The first kappa shape index (κ1) is 43.7. The van der Waals surface area contributed by atoms with Gasteiger partial charge in [-0.25, -0.2) is 4.79 Å². The highest BCUT2D eigenvalue weighted by atomic mass is 35.5. The SMILES string of the molecule is C=CCO[C@@]12Oc3ccc(Oc4ccc(SC)cc4)cc3[C@H]3[C@H](CCCCO)[C@@H](CCCCO)C=C(C(=NOC)C[C@@H]1N(Cc1ccc4c(c1)OCO4)C(=O)OCCCl)[C@H]32. The van der Waals surface area contributed by atoms with Gasteiger partial charge in [0.15, 0.2) is 11.5 Å². The number of alkyl halides is 1. The van der Waals surface area contributed by atoms with Gasteiger partial charge in [0.1, 0.15) is 37.0 Å². The van der Waals surface area contributed by atoms with E-state index >= 15 is 0 Å². The molecule has 7 rings (SSSR count). The number of hydrogen-bond acceptors (Lipinski definition) is 12. The Hall–Kier alpha value is -4.40. The van der Waals surface area contributed by atoms with Gasteiger partial charge in [-0.15, -0.1) is 29.9 Å². The smallest absolute Gasteiger partial charge is 0.410 e. The molecule has 6 atom stereocenters. The number of nitrogens with zero attached hydrogens (tertiary/aromatic N) is 2. The van der Waals surface area contributed by atoms with Crippen LogP contribution < -0.4 is 18.9 Å². The van der Waals surface area contributed by atoms with E-state index in [1.54, 1.807) is 22.7 Å². The average Bonchev–Trinajstić information content (AvgIpc) is 3.74. The number of unbranched alkanes of at least 4 members (excludes halogenated alkanes) is 2. The van der Waals surface area contributed by atoms with E-state index in [1.165, 1.54) is 7.11 Å². The normalized spacial score (nSPS) is 24.1. The number of rotatable bonds is 20. The number of thioether (sulfide) groups is 1. The number of benzene rings is 3. The van der Waals surface area contributed by atoms with Gasteiger partial charge in [0.25, 0.3) is 0 Å². The predicted octanol–water partition coefficient (Wildman–Crippen LogP) is 9.07. The molecular formula is C46H55ClN2O10S. The van der Waals surface area contributed by atoms with Gasteiger partial charge in [-0.3, -0.25) is 4.90 Å². The van der Waals surface area contributed by atoms with Gasteiger partial charge < -0.3 is 43.5 Å². The van der Waals surface area contributed by atoms with Crippen LogP contribution in [0.1, 0.15) is 62.0 Å². The second-order valence-corrected chi connectivity index (χ2v) is 16.6. The molecule has 0 unspecified atom stereocenters. The first-order valence-electron chi connectivity index (χ1n) is 20.7. The Kier molecular flexibility index (Phi) is 14.9. The van der Waals surface area contributed by atoms with Crippen molar-refractivity contribution in [2.75, 3.05) is 52.5 Å². The topological polar surface area (TPSA) is 138 Å². The Morgan fingerprint density at radius 2 is 1.75 bits per heavy atom. The second kappa shape index (κ2) is 20.4. The summed E-state index contributed by atoms with van der Waals surface area (Å²) in [4.78, 5) is 22.9. The third-order valence-corrected chi connectivity index (χ3v) is 12.7. The quantitative estimate of drug-likeness (QED) is 0.0370. The average molecular weight is 863 g/mol. The maximum absolute atomic E-state index is 14.5. The lowest BCUT2D eigenvalue weighted by Gasteiger charge is -2.59. The highest BCUT2D eigenvalue weighted by Gasteiger charge is 2.65. The number of allylic oxidation sites excluding steroid dienone is 1. The van der Waals surface area contributed by atoms with E-state index in [2.05, 4.69) is 23.9 Å². The summed E-state index contributed by atoms with van der Waals surface area (Å²) < 4.78 is 38.0. The monoisotopic (exact) mass is 862 g/mol. The predicted molar refractivity (Wildman–Crippen MR) is 230 cm³/mol. The number of amides is 1. The van der Waals surface area contributed by atoms with Crippen LogP contribution in [0.5, 0.6) is 28.7 Å². The van der Waals surface area contributed by atoms with Crippen LogP contribution in [0.15, 0.2) is 95.0 Å². The van der Waals surface area contributed by atoms with Crippen molar-refractivity contribution in [3.8, 4) is 28.7 Å². The van der Waals surface area contributed by atoms with E-state index in [-0.39, 0.29) is 69.8 Å². The van der Waals surface area contributed by atoms with Gasteiger partial charge >= 0.3 is 6.09 Å². The molecular weight excluding hydrogens is 808 g/mol. The zero-order valence-corrected chi connectivity index (χ0v) is 35.8. The molecule has 0 spiro atoms. The van der Waals surface area contributed by atoms with Crippen LogP contribution in [0, 0.1) is 17.8 Å². The van der Waals surface area contributed by atoms with Crippen LogP contribution in [0.4, 0.5) is 4.79 Å². The Morgan fingerprint density at radius 1 is 1.00 bits per heavy atom. The zero-order chi connectivity index (χ0) is 42.1. The van der Waals surface area contributed by atoms with E-state index < -0.39 is 23.8 Å². The molecule has 4 aliphatic rings. The molecule has 1 amide bonds. The highest BCUT2D eigenvalue weighted by molar-refractivity contribution is 7.98. The van der Waals surface area contributed by atoms with Crippen molar-refractivity contribution in [1.29, 1.82) is 0 Å². The molecule has 60 heavy (non-hydrogen) atoms.